The third-order valence-electron chi connectivity index (χ3n) is 2.50. The van der Waals surface area contributed by atoms with Gasteiger partial charge in [-0.1, -0.05) is 18.2 Å². The number of pyridine rings is 1. The van der Waals surface area contributed by atoms with Crippen molar-refractivity contribution >= 4 is 10.9 Å². The fourth-order valence-electron chi connectivity index (χ4n) is 1.79. The van der Waals surface area contributed by atoms with Crippen molar-refractivity contribution in [3.8, 4) is 0 Å². The SMILES string of the molecule is CCn1c(=O)c(C)cc2ccccc21. The molecule has 0 aliphatic carbocycles. The summed E-state index contributed by atoms with van der Waals surface area (Å²) in [4.78, 5) is 11.8. The van der Waals surface area contributed by atoms with Gasteiger partial charge in [0.2, 0.25) is 0 Å². The monoisotopic (exact) mass is 187 g/mol. The van der Waals surface area contributed by atoms with E-state index in [1.807, 2.05) is 48.7 Å². The van der Waals surface area contributed by atoms with Gasteiger partial charge < -0.3 is 4.57 Å². The molecule has 2 rings (SSSR count). The first-order valence-electron chi connectivity index (χ1n) is 4.83. The quantitative estimate of drug-likeness (QED) is 0.671. The molecule has 0 aliphatic heterocycles. The van der Waals surface area contributed by atoms with E-state index in [-0.39, 0.29) is 5.56 Å². The molecule has 1 aromatic heterocycles. The highest BCUT2D eigenvalue weighted by Gasteiger charge is 2.03. The van der Waals surface area contributed by atoms with E-state index >= 15 is 0 Å². The van der Waals surface area contributed by atoms with Crippen molar-refractivity contribution in [3.05, 3.63) is 46.2 Å². The van der Waals surface area contributed by atoms with Gasteiger partial charge in [0, 0.05) is 12.1 Å². The van der Waals surface area contributed by atoms with Crippen LogP contribution in [0.25, 0.3) is 10.9 Å². The van der Waals surface area contributed by atoms with Crippen molar-refractivity contribution in [2.75, 3.05) is 0 Å². The molecule has 0 amide bonds. The zero-order valence-electron chi connectivity index (χ0n) is 8.45. The molecule has 1 heterocycles. The normalized spacial score (nSPS) is 10.7. The standard InChI is InChI=1S/C12H13NO/c1-3-13-11-7-5-4-6-10(11)8-9(2)12(13)14/h4-8H,3H2,1-2H3. The summed E-state index contributed by atoms with van der Waals surface area (Å²) < 4.78 is 1.81. The maximum atomic E-state index is 11.8. The van der Waals surface area contributed by atoms with Gasteiger partial charge in [0.05, 0.1) is 5.52 Å². The second kappa shape index (κ2) is 3.29. The highest BCUT2D eigenvalue weighted by atomic mass is 16.1. The lowest BCUT2D eigenvalue weighted by Crippen LogP contribution is -2.21. The summed E-state index contributed by atoms with van der Waals surface area (Å²) in [5, 5.41) is 1.13. The number of hydrogen-bond donors (Lipinski definition) is 0. The number of fused-ring (bicyclic) bond motifs is 1. The Labute approximate surface area is 82.8 Å². The number of hydrogen-bond acceptors (Lipinski definition) is 1. The zero-order chi connectivity index (χ0) is 10.1. The van der Waals surface area contributed by atoms with E-state index in [0.717, 1.165) is 23.0 Å². The zero-order valence-corrected chi connectivity index (χ0v) is 8.45. The van der Waals surface area contributed by atoms with Crippen LogP contribution in [0, 0.1) is 6.92 Å². The van der Waals surface area contributed by atoms with Crippen molar-refractivity contribution < 1.29 is 0 Å². The van der Waals surface area contributed by atoms with Crippen LogP contribution in [-0.2, 0) is 6.54 Å². The Bertz CT molecular complexity index is 525. The second-order valence-corrected chi connectivity index (χ2v) is 3.44. The van der Waals surface area contributed by atoms with E-state index in [0.29, 0.717) is 0 Å². The summed E-state index contributed by atoms with van der Waals surface area (Å²) in [5.74, 6) is 0. The molecule has 0 radical (unpaired) electrons. The van der Waals surface area contributed by atoms with E-state index < -0.39 is 0 Å². The first-order valence-corrected chi connectivity index (χ1v) is 4.83. The first kappa shape index (κ1) is 9.00. The van der Waals surface area contributed by atoms with Gasteiger partial charge >= 0.3 is 0 Å². The average Bonchev–Trinajstić information content (AvgIpc) is 2.20. The van der Waals surface area contributed by atoms with Crippen LogP contribution >= 0.6 is 0 Å². The topological polar surface area (TPSA) is 22.0 Å². The molecule has 0 spiro atoms. The molecule has 0 bridgehead atoms. The molecular weight excluding hydrogens is 174 g/mol. The molecule has 2 nitrogen and oxygen atoms in total. The Balaban J connectivity index is 2.96. The van der Waals surface area contributed by atoms with Gasteiger partial charge in [-0.05, 0) is 31.4 Å². The van der Waals surface area contributed by atoms with Crippen molar-refractivity contribution in [1.82, 2.24) is 4.57 Å². The van der Waals surface area contributed by atoms with Crippen LogP contribution in [0.3, 0.4) is 0 Å². The predicted octanol–water partition coefficient (Wildman–Crippen LogP) is 2.33. The molecule has 1 aromatic carbocycles. The van der Waals surface area contributed by atoms with Gasteiger partial charge in [0.15, 0.2) is 0 Å². The number of aryl methyl sites for hydroxylation is 2. The molecule has 2 heteroatoms. The minimum atomic E-state index is 0.117. The lowest BCUT2D eigenvalue weighted by molar-refractivity contribution is 0.754. The number of aromatic nitrogens is 1. The highest BCUT2D eigenvalue weighted by molar-refractivity contribution is 5.79. The number of benzene rings is 1. The summed E-state index contributed by atoms with van der Waals surface area (Å²) in [6.07, 6.45) is 0. The van der Waals surface area contributed by atoms with Crippen LogP contribution in [0.5, 0.6) is 0 Å². The van der Waals surface area contributed by atoms with Gasteiger partial charge in [-0.2, -0.15) is 0 Å². The number of rotatable bonds is 1. The average molecular weight is 187 g/mol. The molecule has 0 saturated carbocycles. The largest absolute Gasteiger partial charge is 0.308 e. The Morgan fingerprint density at radius 3 is 2.71 bits per heavy atom. The first-order chi connectivity index (χ1) is 6.74. The minimum Gasteiger partial charge on any atom is -0.308 e. The van der Waals surface area contributed by atoms with Crippen molar-refractivity contribution in [2.24, 2.45) is 0 Å². The maximum absolute atomic E-state index is 11.8. The molecule has 0 unspecified atom stereocenters. The van der Waals surface area contributed by atoms with Crippen LogP contribution in [0.15, 0.2) is 35.1 Å². The highest BCUT2D eigenvalue weighted by Crippen LogP contribution is 2.12. The molecular formula is C12H13NO. The molecule has 0 N–H and O–H groups in total. The summed E-state index contributed by atoms with van der Waals surface area (Å²) >= 11 is 0. The predicted molar refractivity (Wildman–Crippen MR) is 58.6 cm³/mol. The van der Waals surface area contributed by atoms with Crippen LogP contribution in [0.1, 0.15) is 12.5 Å². The van der Waals surface area contributed by atoms with E-state index in [4.69, 9.17) is 0 Å². The smallest absolute Gasteiger partial charge is 0.253 e. The summed E-state index contributed by atoms with van der Waals surface area (Å²) in [6, 6.07) is 9.92. The van der Waals surface area contributed by atoms with Gasteiger partial charge in [-0.15, -0.1) is 0 Å². The Hall–Kier alpha value is -1.57. The fraction of sp³-hybridized carbons (Fsp3) is 0.250. The lowest BCUT2D eigenvalue weighted by Gasteiger charge is -2.08. The molecule has 2 aromatic rings. The fourth-order valence-corrected chi connectivity index (χ4v) is 1.79. The summed E-state index contributed by atoms with van der Waals surface area (Å²) in [7, 11) is 0. The third-order valence-corrected chi connectivity index (χ3v) is 2.50. The molecule has 14 heavy (non-hydrogen) atoms. The van der Waals surface area contributed by atoms with Crippen LogP contribution in [0.4, 0.5) is 0 Å². The van der Waals surface area contributed by atoms with Crippen molar-refractivity contribution in [2.45, 2.75) is 20.4 Å². The van der Waals surface area contributed by atoms with Gasteiger partial charge in [0.25, 0.3) is 5.56 Å². The van der Waals surface area contributed by atoms with E-state index in [1.165, 1.54) is 0 Å². The number of nitrogens with zero attached hydrogens (tertiary/aromatic N) is 1. The summed E-state index contributed by atoms with van der Waals surface area (Å²) in [5.41, 5.74) is 1.95. The van der Waals surface area contributed by atoms with E-state index in [2.05, 4.69) is 0 Å². The second-order valence-electron chi connectivity index (χ2n) is 3.44. The van der Waals surface area contributed by atoms with Crippen LogP contribution in [0.2, 0.25) is 0 Å². The minimum absolute atomic E-state index is 0.117. The molecule has 72 valence electrons. The van der Waals surface area contributed by atoms with Crippen molar-refractivity contribution in [1.29, 1.82) is 0 Å². The lowest BCUT2D eigenvalue weighted by atomic mass is 10.1. The maximum Gasteiger partial charge on any atom is 0.253 e. The van der Waals surface area contributed by atoms with E-state index in [9.17, 15) is 4.79 Å². The van der Waals surface area contributed by atoms with Gasteiger partial charge in [0.1, 0.15) is 0 Å². The number of para-hydroxylation sites is 1. The summed E-state index contributed by atoms with van der Waals surface area (Å²) in [6.45, 7) is 4.58. The van der Waals surface area contributed by atoms with Gasteiger partial charge in [-0.3, -0.25) is 4.79 Å². The Morgan fingerprint density at radius 2 is 2.00 bits per heavy atom. The molecule has 0 atom stereocenters. The molecule has 0 saturated heterocycles. The Kier molecular flexibility index (Phi) is 2.12. The van der Waals surface area contributed by atoms with Crippen molar-refractivity contribution in [3.63, 3.8) is 0 Å². The van der Waals surface area contributed by atoms with Gasteiger partial charge in [-0.25, -0.2) is 0 Å². The van der Waals surface area contributed by atoms with Crippen LogP contribution < -0.4 is 5.56 Å². The van der Waals surface area contributed by atoms with Crippen LogP contribution in [-0.4, -0.2) is 4.57 Å². The molecule has 0 fully saturated rings. The molecule has 0 aliphatic rings. The van der Waals surface area contributed by atoms with E-state index in [1.54, 1.807) is 0 Å². The Morgan fingerprint density at radius 1 is 1.29 bits per heavy atom. The third kappa shape index (κ3) is 1.23.